The number of benzene rings is 1. The summed E-state index contributed by atoms with van der Waals surface area (Å²) in [6, 6.07) is 7.45. The Morgan fingerprint density at radius 3 is 2.84 bits per heavy atom. The van der Waals surface area contributed by atoms with E-state index in [9.17, 15) is 4.79 Å². The molecule has 6 heteroatoms. The Bertz CT molecular complexity index is 650. The molecule has 1 aliphatic rings. The van der Waals surface area contributed by atoms with Crippen molar-refractivity contribution in [3.8, 4) is 0 Å². The van der Waals surface area contributed by atoms with E-state index in [4.69, 9.17) is 22.2 Å². The van der Waals surface area contributed by atoms with Gasteiger partial charge in [-0.1, -0.05) is 35.9 Å². The van der Waals surface area contributed by atoms with Gasteiger partial charge in [-0.05, 0) is 37.8 Å². The van der Waals surface area contributed by atoms with Gasteiger partial charge in [0.1, 0.15) is 0 Å². The van der Waals surface area contributed by atoms with Crippen LogP contribution in [0.3, 0.4) is 0 Å². The smallest absolute Gasteiger partial charge is 0.253 e. The number of amides is 1. The molecule has 1 saturated heterocycles. The Balaban J connectivity index is 2.14. The van der Waals surface area contributed by atoms with Gasteiger partial charge in [-0.3, -0.25) is 4.79 Å². The maximum absolute atomic E-state index is 12.8. The van der Waals surface area contributed by atoms with Gasteiger partial charge in [-0.25, -0.2) is 5.84 Å². The highest BCUT2D eigenvalue weighted by Crippen LogP contribution is 2.29. The van der Waals surface area contributed by atoms with Gasteiger partial charge in [0.25, 0.3) is 5.91 Å². The van der Waals surface area contributed by atoms with E-state index in [1.807, 2.05) is 31.2 Å². The second-order valence-electron chi connectivity index (χ2n) is 6.07. The zero-order chi connectivity index (χ0) is 18.2. The lowest BCUT2D eigenvalue weighted by molar-refractivity contribution is -0.117. The summed E-state index contributed by atoms with van der Waals surface area (Å²) in [6.45, 7) is 3.26. The SMILES string of the molecule is C/C=C(\C(=C/N(C)N)C(=O)NCCC1CCCO1)c1ccccc1Cl. The third-order valence-electron chi connectivity index (χ3n) is 4.10. The first-order valence-corrected chi connectivity index (χ1v) is 8.91. The van der Waals surface area contributed by atoms with Crippen LogP contribution >= 0.6 is 11.6 Å². The molecule has 1 heterocycles. The fourth-order valence-corrected chi connectivity index (χ4v) is 3.14. The summed E-state index contributed by atoms with van der Waals surface area (Å²) in [5.41, 5.74) is 2.03. The molecule has 0 radical (unpaired) electrons. The van der Waals surface area contributed by atoms with E-state index in [0.717, 1.165) is 37.0 Å². The van der Waals surface area contributed by atoms with Gasteiger partial charge in [0.05, 0.1) is 11.7 Å². The molecule has 136 valence electrons. The minimum absolute atomic E-state index is 0.177. The van der Waals surface area contributed by atoms with Gasteiger partial charge in [-0.2, -0.15) is 0 Å². The van der Waals surface area contributed by atoms with Crippen LogP contribution in [0.4, 0.5) is 0 Å². The molecule has 1 fully saturated rings. The van der Waals surface area contributed by atoms with Crippen molar-refractivity contribution in [2.75, 3.05) is 20.2 Å². The third kappa shape index (κ3) is 5.59. The van der Waals surface area contributed by atoms with E-state index >= 15 is 0 Å². The molecule has 3 N–H and O–H groups in total. The van der Waals surface area contributed by atoms with Crippen molar-refractivity contribution < 1.29 is 9.53 Å². The third-order valence-corrected chi connectivity index (χ3v) is 4.43. The van der Waals surface area contributed by atoms with Crippen LogP contribution in [0.2, 0.25) is 5.02 Å². The molecule has 1 amide bonds. The highest BCUT2D eigenvalue weighted by Gasteiger charge is 2.19. The van der Waals surface area contributed by atoms with Crippen LogP contribution < -0.4 is 11.2 Å². The summed E-state index contributed by atoms with van der Waals surface area (Å²) in [5, 5.41) is 4.93. The average molecular weight is 364 g/mol. The molecule has 0 aromatic heterocycles. The molecule has 1 aromatic carbocycles. The van der Waals surface area contributed by atoms with Gasteiger partial charge in [0, 0.05) is 37.0 Å². The second-order valence-corrected chi connectivity index (χ2v) is 6.48. The monoisotopic (exact) mass is 363 g/mol. The number of hydrogen-bond acceptors (Lipinski definition) is 4. The quantitative estimate of drug-likeness (QED) is 0.338. The average Bonchev–Trinajstić information content (AvgIpc) is 3.09. The van der Waals surface area contributed by atoms with E-state index in [0.29, 0.717) is 17.1 Å². The van der Waals surface area contributed by atoms with Gasteiger partial charge in [0.2, 0.25) is 0 Å². The minimum Gasteiger partial charge on any atom is -0.378 e. The summed E-state index contributed by atoms with van der Waals surface area (Å²) < 4.78 is 5.59. The number of nitrogens with two attached hydrogens (primary N) is 1. The highest BCUT2D eigenvalue weighted by molar-refractivity contribution is 6.33. The Hall–Kier alpha value is -1.82. The van der Waals surface area contributed by atoms with Crippen LogP contribution in [-0.4, -0.2) is 37.2 Å². The molecule has 1 atom stereocenters. The number of carbonyl (C=O) groups is 1. The molecule has 0 aliphatic carbocycles. The minimum atomic E-state index is -0.177. The summed E-state index contributed by atoms with van der Waals surface area (Å²) in [5.74, 6) is 5.59. The lowest BCUT2D eigenvalue weighted by Gasteiger charge is -2.17. The van der Waals surface area contributed by atoms with Crippen LogP contribution in [0.1, 0.15) is 31.7 Å². The fraction of sp³-hybridized carbons (Fsp3) is 0.421. The number of nitrogens with one attached hydrogen (secondary N) is 1. The van der Waals surface area contributed by atoms with Gasteiger partial charge in [-0.15, -0.1) is 0 Å². The van der Waals surface area contributed by atoms with Crippen molar-refractivity contribution in [2.24, 2.45) is 5.84 Å². The Morgan fingerprint density at radius 1 is 1.48 bits per heavy atom. The van der Waals surface area contributed by atoms with Crippen molar-refractivity contribution in [1.82, 2.24) is 10.3 Å². The van der Waals surface area contributed by atoms with E-state index in [2.05, 4.69) is 5.32 Å². The van der Waals surface area contributed by atoms with Crippen molar-refractivity contribution in [3.63, 3.8) is 0 Å². The largest absolute Gasteiger partial charge is 0.378 e. The standard InChI is InChI=1S/C19H26ClN3O2/c1-3-15(16-8-4-5-9-18(16)20)17(13-23(2)21)19(24)22-11-10-14-7-6-12-25-14/h3-5,8-9,13-14H,6-7,10-12,21H2,1-2H3,(H,22,24)/b15-3-,17-13+. The topological polar surface area (TPSA) is 67.6 Å². The predicted molar refractivity (Wildman–Crippen MR) is 102 cm³/mol. The van der Waals surface area contributed by atoms with Gasteiger partial charge >= 0.3 is 0 Å². The molecule has 0 spiro atoms. The van der Waals surface area contributed by atoms with Crippen molar-refractivity contribution >= 4 is 23.1 Å². The molecule has 0 bridgehead atoms. The first kappa shape index (κ1) is 19.5. The fourth-order valence-electron chi connectivity index (χ4n) is 2.90. The van der Waals surface area contributed by atoms with Crippen LogP contribution in [-0.2, 0) is 9.53 Å². The lowest BCUT2D eigenvalue weighted by atomic mass is 9.97. The second kappa shape index (κ2) is 9.61. The molecular formula is C19H26ClN3O2. The van der Waals surface area contributed by atoms with Crippen LogP contribution in [0.15, 0.2) is 42.1 Å². The zero-order valence-corrected chi connectivity index (χ0v) is 15.6. The molecule has 1 aromatic rings. The lowest BCUT2D eigenvalue weighted by Crippen LogP contribution is -2.30. The molecule has 5 nitrogen and oxygen atoms in total. The molecule has 0 saturated carbocycles. The Labute approximate surface area is 154 Å². The van der Waals surface area contributed by atoms with E-state index in [1.165, 1.54) is 5.01 Å². The maximum atomic E-state index is 12.8. The predicted octanol–water partition coefficient (Wildman–Crippen LogP) is 3.12. The Kier molecular flexibility index (Phi) is 7.50. The van der Waals surface area contributed by atoms with Crippen molar-refractivity contribution in [1.29, 1.82) is 0 Å². The number of allylic oxidation sites excluding steroid dienone is 1. The summed E-state index contributed by atoms with van der Waals surface area (Å²) in [7, 11) is 1.68. The van der Waals surface area contributed by atoms with E-state index < -0.39 is 0 Å². The number of hydrogen-bond donors (Lipinski definition) is 2. The first-order chi connectivity index (χ1) is 12.0. The number of hydrazine groups is 1. The summed E-state index contributed by atoms with van der Waals surface area (Å²) in [6.07, 6.45) is 6.70. The van der Waals surface area contributed by atoms with E-state index in [1.54, 1.807) is 19.3 Å². The molecule has 2 rings (SSSR count). The van der Waals surface area contributed by atoms with Crippen molar-refractivity contribution in [2.45, 2.75) is 32.3 Å². The summed E-state index contributed by atoms with van der Waals surface area (Å²) in [4.78, 5) is 12.8. The normalized spacial score (nSPS) is 18.3. The number of carbonyl (C=O) groups excluding carboxylic acids is 1. The number of rotatable bonds is 7. The Morgan fingerprint density at radius 2 is 2.24 bits per heavy atom. The van der Waals surface area contributed by atoms with Crippen molar-refractivity contribution in [3.05, 3.63) is 52.7 Å². The first-order valence-electron chi connectivity index (χ1n) is 8.53. The molecule has 1 unspecified atom stereocenters. The molecular weight excluding hydrogens is 338 g/mol. The zero-order valence-electron chi connectivity index (χ0n) is 14.8. The molecule has 1 aliphatic heterocycles. The van der Waals surface area contributed by atoms with Gasteiger partial charge < -0.3 is 15.1 Å². The van der Waals surface area contributed by atoms with Gasteiger partial charge in [0.15, 0.2) is 0 Å². The van der Waals surface area contributed by atoms with E-state index in [-0.39, 0.29) is 12.0 Å². The van der Waals surface area contributed by atoms with Crippen LogP contribution in [0.5, 0.6) is 0 Å². The highest BCUT2D eigenvalue weighted by atomic mass is 35.5. The number of nitrogens with zero attached hydrogens (tertiary/aromatic N) is 1. The summed E-state index contributed by atoms with van der Waals surface area (Å²) >= 11 is 6.31. The van der Waals surface area contributed by atoms with Crippen LogP contribution in [0.25, 0.3) is 5.57 Å². The molecule has 25 heavy (non-hydrogen) atoms. The maximum Gasteiger partial charge on any atom is 0.253 e. The number of ether oxygens (including phenoxy) is 1. The van der Waals surface area contributed by atoms with Crippen LogP contribution in [0, 0.1) is 0 Å². The number of halogens is 1.